The topological polar surface area (TPSA) is 75.2 Å². The second kappa shape index (κ2) is 14.4. The predicted octanol–water partition coefficient (Wildman–Crippen LogP) is 4.62. The van der Waals surface area contributed by atoms with Gasteiger partial charge in [-0.2, -0.15) is 0 Å². The summed E-state index contributed by atoms with van der Waals surface area (Å²) in [4.78, 5) is 10.1. The van der Waals surface area contributed by atoms with Gasteiger partial charge in [0.05, 0.1) is 19.5 Å². The molecule has 6 heteroatoms. The molecule has 0 aliphatic heterocycles. The third-order valence-electron chi connectivity index (χ3n) is 5.93. The molecule has 0 bridgehead atoms. The number of benzene rings is 1. The van der Waals surface area contributed by atoms with Crippen LogP contribution in [0.2, 0.25) is 0 Å². The van der Waals surface area contributed by atoms with Crippen LogP contribution in [0.3, 0.4) is 0 Å². The van der Waals surface area contributed by atoms with Gasteiger partial charge in [0, 0.05) is 26.2 Å². The average Bonchev–Trinajstić information content (AvgIpc) is 2.82. The van der Waals surface area contributed by atoms with Crippen LogP contribution >= 0.6 is 0 Å². The van der Waals surface area contributed by atoms with E-state index in [9.17, 15) is 0 Å². The summed E-state index contributed by atoms with van der Waals surface area (Å²) < 4.78 is 5.28. The molecule has 180 valence electrons. The van der Waals surface area contributed by atoms with Crippen molar-refractivity contribution in [2.75, 3.05) is 34.4 Å². The fourth-order valence-corrected chi connectivity index (χ4v) is 4.23. The summed E-state index contributed by atoms with van der Waals surface area (Å²) in [6.45, 7) is 8.08. The van der Waals surface area contributed by atoms with E-state index in [1.165, 1.54) is 49.8 Å². The second-order valence-corrected chi connectivity index (χ2v) is 8.67. The van der Waals surface area contributed by atoms with Crippen LogP contribution in [0.4, 0.5) is 0 Å². The van der Waals surface area contributed by atoms with Crippen molar-refractivity contribution >= 4 is 12.4 Å². The fourth-order valence-electron chi connectivity index (χ4n) is 4.23. The molecule has 0 aromatic heterocycles. The van der Waals surface area contributed by atoms with Gasteiger partial charge in [0.2, 0.25) is 0 Å². The molecule has 2 aliphatic carbocycles. The molecular weight excluding hydrogens is 410 g/mol. The van der Waals surface area contributed by atoms with Crippen LogP contribution in [-0.4, -0.2) is 51.7 Å². The summed E-state index contributed by atoms with van der Waals surface area (Å²) in [6.07, 6.45) is 14.8. The number of aliphatic imine (C=N–C) groups is 2. The maximum absolute atomic E-state index is 5.41. The largest absolute Gasteiger partial charge is 0.496 e. The Hall–Kier alpha value is -2.70. The molecular formula is C27H41N5O. The lowest BCUT2D eigenvalue weighted by molar-refractivity contribution is 0.342. The van der Waals surface area contributed by atoms with Crippen LogP contribution in [-0.2, 0) is 6.54 Å². The zero-order valence-corrected chi connectivity index (χ0v) is 20.8. The Labute approximate surface area is 200 Å². The van der Waals surface area contributed by atoms with Crippen molar-refractivity contribution in [3.8, 4) is 5.75 Å². The molecule has 0 spiro atoms. The zero-order chi connectivity index (χ0) is 24.1. The quantitative estimate of drug-likeness (QED) is 0.566. The Kier molecular flexibility index (Phi) is 11.6. The van der Waals surface area contributed by atoms with E-state index in [1.807, 2.05) is 43.3 Å². The van der Waals surface area contributed by atoms with Gasteiger partial charge >= 0.3 is 0 Å². The summed E-state index contributed by atoms with van der Waals surface area (Å²) in [5.74, 6) is 2.67. The summed E-state index contributed by atoms with van der Waals surface area (Å²) >= 11 is 0. The van der Waals surface area contributed by atoms with Gasteiger partial charge < -0.3 is 20.7 Å². The van der Waals surface area contributed by atoms with Gasteiger partial charge in [0.1, 0.15) is 11.6 Å². The first kappa shape index (κ1) is 26.6. The Morgan fingerprint density at radius 1 is 1.18 bits per heavy atom. The average molecular weight is 452 g/mol. The van der Waals surface area contributed by atoms with E-state index in [2.05, 4.69) is 47.1 Å². The predicted molar refractivity (Wildman–Crippen MR) is 141 cm³/mol. The summed E-state index contributed by atoms with van der Waals surface area (Å²) in [7, 11) is 5.57. The minimum Gasteiger partial charge on any atom is -0.496 e. The molecule has 0 unspecified atom stereocenters. The number of allylic oxidation sites excluding steroid dienone is 5. The number of rotatable bonds is 8. The molecule has 0 saturated heterocycles. The Balaban J connectivity index is 0.000000238. The highest BCUT2D eigenvalue weighted by Crippen LogP contribution is 2.23. The number of methoxy groups -OCH3 is 1. The number of nitrogens with one attached hydrogen (secondary N) is 1. The monoisotopic (exact) mass is 451 g/mol. The third kappa shape index (κ3) is 8.63. The molecule has 33 heavy (non-hydrogen) atoms. The standard InChI is InChI=1S/C16H25NO.C11H16N4/c1-13-10-15(8-9-16(13)18-2)12-17-11-14-6-4-3-5-7-14;1-13-11(15(2)3)9-6-4-5-7-10(9)14-8-12/h8-10,14,17H,3-7,11-12H2,1-2H3;4-7H,1,8,12H2,2-3H3/b;11-9+,14-10-. The molecule has 0 heterocycles. The van der Waals surface area contributed by atoms with Gasteiger partial charge in [-0.3, -0.25) is 4.99 Å². The number of ether oxygens (including phenoxy) is 1. The van der Waals surface area contributed by atoms with E-state index in [1.54, 1.807) is 7.11 Å². The molecule has 0 amide bonds. The minimum absolute atomic E-state index is 0.273. The van der Waals surface area contributed by atoms with Crippen LogP contribution in [0, 0.1) is 12.8 Å². The Morgan fingerprint density at radius 2 is 1.91 bits per heavy atom. The SMILES string of the molecule is C=N/C(=C1/C=CC=C/C1=N/CN)N(C)C.COc1ccc(CNCC2CCCCC2)cc1C. The summed E-state index contributed by atoms with van der Waals surface area (Å²) in [5, 5.41) is 3.60. The molecule has 1 fully saturated rings. The van der Waals surface area contributed by atoms with Gasteiger partial charge in [-0.1, -0.05) is 43.5 Å². The van der Waals surface area contributed by atoms with Crippen molar-refractivity contribution in [2.24, 2.45) is 21.6 Å². The van der Waals surface area contributed by atoms with Gasteiger partial charge in [0.15, 0.2) is 0 Å². The van der Waals surface area contributed by atoms with E-state index in [0.717, 1.165) is 35.3 Å². The van der Waals surface area contributed by atoms with Crippen molar-refractivity contribution < 1.29 is 4.74 Å². The zero-order valence-electron chi connectivity index (χ0n) is 20.8. The van der Waals surface area contributed by atoms with Crippen LogP contribution in [0.25, 0.3) is 0 Å². The van der Waals surface area contributed by atoms with Crippen molar-refractivity contribution in [2.45, 2.75) is 45.6 Å². The minimum atomic E-state index is 0.273. The molecule has 3 N–H and O–H groups in total. The number of nitrogens with two attached hydrogens (primary N) is 1. The van der Waals surface area contributed by atoms with Gasteiger partial charge in [-0.15, -0.1) is 0 Å². The maximum Gasteiger partial charge on any atom is 0.136 e. The first-order valence-corrected chi connectivity index (χ1v) is 11.8. The number of nitrogens with zero attached hydrogens (tertiary/aromatic N) is 3. The van der Waals surface area contributed by atoms with E-state index in [4.69, 9.17) is 10.5 Å². The number of hydrogen-bond acceptors (Lipinski definition) is 6. The number of hydrogen-bond donors (Lipinski definition) is 2. The Bertz CT molecular complexity index is 876. The van der Waals surface area contributed by atoms with Crippen molar-refractivity contribution in [3.63, 3.8) is 0 Å². The third-order valence-corrected chi connectivity index (χ3v) is 5.93. The summed E-state index contributed by atoms with van der Waals surface area (Å²) in [6, 6.07) is 6.43. The first-order valence-electron chi connectivity index (χ1n) is 11.8. The normalized spacial score (nSPS) is 18.5. The molecule has 1 saturated carbocycles. The fraction of sp³-hybridized carbons (Fsp3) is 0.481. The highest BCUT2D eigenvalue weighted by atomic mass is 16.5. The summed E-state index contributed by atoms with van der Waals surface area (Å²) in [5.41, 5.74) is 9.77. The van der Waals surface area contributed by atoms with Crippen LogP contribution < -0.4 is 15.8 Å². The van der Waals surface area contributed by atoms with E-state index < -0.39 is 0 Å². The van der Waals surface area contributed by atoms with Crippen molar-refractivity contribution in [1.82, 2.24) is 10.2 Å². The Morgan fingerprint density at radius 3 is 2.52 bits per heavy atom. The lowest BCUT2D eigenvalue weighted by Crippen LogP contribution is -2.24. The first-order chi connectivity index (χ1) is 16.0. The van der Waals surface area contributed by atoms with E-state index in [-0.39, 0.29) is 6.67 Å². The van der Waals surface area contributed by atoms with E-state index in [0.29, 0.717) is 0 Å². The lowest BCUT2D eigenvalue weighted by atomic mass is 9.89. The lowest BCUT2D eigenvalue weighted by Gasteiger charge is -2.21. The maximum atomic E-state index is 5.41. The van der Waals surface area contributed by atoms with Crippen LogP contribution in [0.1, 0.15) is 43.2 Å². The van der Waals surface area contributed by atoms with E-state index >= 15 is 0 Å². The van der Waals surface area contributed by atoms with Crippen molar-refractivity contribution in [1.29, 1.82) is 0 Å². The smallest absolute Gasteiger partial charge is 0.136 e. The highest BCUT2D eigenvalue weighted by molar-refractivity contribution is 6.12. The number of aryl methyl sites for hydroxylation is 1. The molecule has 2 aliphatic rings. The molecule has 1 aromatic rings. The van der Waals surface area contributed by atoms with Gasteiger partial charge in [0.25, 0.3) is 0 Å². The van der Waals surface area contributed by atoms with Gasteiger partial charge in [-0.05, 0) is 68.3 Å². The molecule has 0 radical (unpaired) electrons. The van der Waals surface area contributed by atoms with Crippen LogP contribution in [0.15, 0.2) is 63.9 Å². The second-order valence-electron chi connectivity index (χ2n) is 8.67. The molecule has 6 nitrogen and oxygen atoms in total. The van der Waals surface area contributed by atoms with Crippen LogP contribution in [0.5, 0.6) is 5.75 Å². The van der Waals surface area contributed by atoms with Crippen molar-refractivity contribution in [3.05, 3.63) is 65.0 Å². The van der Waals surface area contributed by atoms with Gasteiger partial charge in [-0.25, -0.2) is 4.99 Å². The highest BCUT2D eigenvalue weighted by Gasteiger charge is 2.13. The molecule has 3 rings (SSSR count). The molecule has 0 atom stereocenters. The molecule has 1 aromatic carbocycles.